The van der Waals surface area contributed by atoms with Crippen molar-refractivity contribution in [2.75, 3.05) is 0 Å². The summed E-state index contributed by atoms with van der Waals surface area (Å²) < 4.78 is 0. The second-order valence-electron chi connectivity index (χ2n) is 3.84. The molecule has 0 saturated heterocycles. The van der Waals surface area contributed by atoms with Crippen molar-refractivity contribution in [3.05, 3.63) is 0 Å². The van der Waals surface area contributed by atoms with Crippen molar-refractivity contribution in [3.63, 3.8) is 0 Å². The van der Waals surface area contributed by atoms with E-state index in [4.69, 9.17) is 0 Å². The van der Waals surface area contributed by atoms with E-state index in [9.17, 15) is 0 Å². The Hall–Kier alpha value is 0. The second kappa shape index (κ2) is 0.463. The minimum Gasteiger partial charge on any atom is -0.0588 e. The van der Waals surface area contributed by atoms with Gasteiger partial charge in [-0.2, -0.15) is 0 Å². The van der Waals surface area contributed by atoms with Gasteiger partial charge in [0.05, 0.1) is 0 Å². The normalized spacial score (nSPS) is 81.0. The second-order valence-corrected chi connectivity index (χ2v) is 3.84. The highest BCUT2D eigenvalue weighted by molar-refractivity contribution is 5.39. The lowest BCUT2D eigenvalue weighted by molar-refractivity contribution is 0.295. The van der Waals surface area contributed by atoms with Crippen molar-refractivity contribution in [1.29, 1.82) is 0 Å². The molecule has 3 unspecified atom stereocenters. The lowest BCUT2D eigenvalue weighted by Crippen LogP contribution is -2.10. The van der Waals surface area contributed by atoms with Crippen LogP contribution in [-0.2, 0) is 0 Å². The molecule has 1 spiro atoms. The lowest BCUT2D eigenvalue weighted by atomic mass is 9.84. The molecule has 0 aromatic rings. The molecule has 7 heavy (non-hydrogen) atoms. The van der Waals surface area contributed by atoms with Crippen LogP contribution in [-0.4, -0.2) is 0 Å². The summed E-state index contributed by atoms with van der Waals surface area (Å²) in [6.07, 6.45) is 4.73. The largest absolute Gasteiger partial charge is 0.0588 e. The van der Waals surface area contributed by atoms with Crippen molar-refractivity contribution < 1.29 is 0 Å². The molecule has 3 fully saturated rings. The van der Waals surface area contributed by atoms with Crippen molar-refractivity contribution >= 4 is 0 Å². The van der Waals surface area contributed by atoms with Crippen molar-refractivity contribution in [1.82, 2.24) is 0 Å². The Morgan fingerprint density at radius 2 is 2.29 bits per heavy atom. The van der Waals surface area contributed by atoms with Crippen LogP contribution < -0.4 is 0 Å². The maximum atomic E-state index is 2.46. The predicted octanol–water partition coefficient (Wildman–Crippen LogP) is 1.81. The average Bonchev–Trinajstić information content (AvgIpc) is 2.20. The van der Waals surface area contributed by atoms with Gasteiger partial charge in [0.25, 0.3) is 0 Å². The van der Waals surface area contributed by atoms with E-state index < -0.39 is 0 Å². The molecule has 0 heteroatoms. The number of hydrogen-bond donors (Lipinski definition) is 0. The minimum atomic E-state index is 0.924. The Kier molecular flexibility index (Phi) is 0.206. The first kappa shape index (κ1) is 3.11. The van der Waals surface area contributed by atoms with Crippen LogP contribution in [0.5, 0.6) is 0 Å². The smallest absolute Gasteiger partial charge is 0.0201 e. The summed E-state index contributed by atoms with van der Waals surface area (Å²) in [7, 11) is 0. The van der Waals surface area contributed by atoms with E-state index in [1.807, 2.05) is 0 Å². The van der Waals surface area contributed by atoms with E-state index in [2.05, 4.69) is 6.92 Å². The van der Waals surface area contributed by atoms with Gasteiger partial charge in [-0.1, -0.05) is 6.92 Å². The van der Waals surface area contributed by atoms with Gasteiger partial charge < -0.3 is 0 Å². The summed E-state index contributed by atoms with van der Waals surface area (Å²) in [4.78, 5) is 0. The molecular weight excluding hydrogens is 84.1 g/mol. The standard InChI is InChI=1S/C7H10/c1-6-4-7(6)3-2-5(6)7/h5H,2-4H2,1H3. The van der Waals surface area contributed by atoms with Gasteiger partial charge in [-0.3, -0.25) is 0 Å². The predicted molar refractivity (Wildman–Crippen MR) is 27.9 cm³/mol. The molecule has 0 bridgehead atoms. The highest BCUT2D eigenvalue weighted by Crippen LogP contribution is 2.98. The fourth-order valence-electron chi connectivity index (χ4n) is 3.01. The van der Waals surface area contributed by atoms with Crippen LogP contribution in [0.4, 0.5) is 0 Å². The van der Waals surface area contributed by atoms with Gasteiger partial charge in [-0.05, 0) is 36.0 Å². The van der Waals surface area contributed by atoms with Crippen LogP contribution in [0.1, 0.15) is 26.2 Å². The van der Waals surface area contributed by atoms with Gasteiger partial charge in [-0.15, -0.1) is 0 Å². The zero-order valence-electron chi connectivity index (χ0n) is 4.70. The first-order chi connectivity index (χ1) is 3.30. The molecule has 0 aliphatic heterocycles. The molecule has 0 heterocycles. The molecule has 0 aromatic carbocycles. The fraction of sp³-hybridized carbons (Fsp3) is 1.00. The van der Waals surface area contributed by atoms with Crippen LogP contribution in [0.25, 0.3) is 0 Å². The summed E-state index contributed by atoms with van der Waals surface area (Å²) in [6, 6.07) is 0. The Bertz CT molecular complexity index is 137. The topological polar surface area (TPSA) is 0 Å². The molecule has 38 valence electrons. The van der Waals surface area contributed by atoms with Crippen LogP contribution in [0, 0.1) is 16.7 Å². The zero-order valence-corrected chi connectivity index (χ0v) is 4.70. The van der Waals surface area contributed by atoms with Gasteiger partial charge in [0.15, 0.2) is 0 Å². The fourth-order valence-corrected chi connectivity index (χ4v) is 3.01. The number of rotatable bonds is 0. The van der Waals surface area contributed by atoms with Crippen molar-refractivity contribution in [3.8, 4) is 0 Å². The maximum absolute atomic E-state index is 2.46. The Morgan fingerprint density at radius 3 is 2.29 bits per heavy atom. The quantitative estimate of drug-likeness (QED) is 0.429. The molecule has 3 saturated carbocycles. The number of hydrogen-bond acceptors (Lipinski definition) is 0. The Labute approximate surface area is 43.9 Å². The molecule has 3 rings (SSSR count). The van der Waals surface area contributed by atoms with E-state index in [-0.39, 0.29) is 0 Å². The SMILES string of the molecule is CC12CC13CCC23. The summed E-state index contributed by atoms with van der Waals surface area (Å²) >= 11 is 0. The first-order valence-electron chi connectivity index (χ1n) is 3.30. The summed E-state index contributed by atoms with van der Waals surface area (Å²) in [5.41, 5.74) is 1.92. The molecule has 0 aromatic heterocycles. The minimum absolute atomic E-state index is 0.924. The summed E-state index contributed by atoms with van der Waals surface area (Å²) in [6.45, 7) is 2.46. The number of fused-ring (bicyclic) bond motifs is 1. The lowest BCUT2D eigenvalue weighted by Gasteiger charge is -2.20. The van der Waals surface area contributed by atoms with E-state index in [0.717, 1.165) is 10.8 Å². The summed E-state index contributed by atoms with van der Waals surface area (Å²) in [5, 5.41) is 0. The first-order valence-corrected chi connectivity index (χ1v) is 3.30. The molecule has 3 aliphatic carbocycles. The molecule has 0 radical (unpaired) electrons. The molecule has 0 amide bonds. The average molecular weight is 94.2 g/mol. The van der Waals surface area contributed by atoms with E-state index in [0.29, 0.717) is 0 Å². The zero-order chi connectivity index (χ0) is 4.70. The molecule has 3 atom stereocenters. The van der Waals surface area contributed by atoms with Crippen LogP contribution >= 0.6 is 0 Å². The van der Waals surface area contributed by atoms with Crippen molar-refractivity contribution in [2.24, 2.45) is 16.7 Å². The van der Waals surface area contributed by atoms with Crippen LogP contribution in [0.3, 0.4) is 0 Å². The third kappa shape index (κ3) is 0.114. The molecular formula is C7H10. The highest BCUT2D eigenvalue weighted by atomic mass is 14.9. The van der Waals surface area contributed by atoms with E-state index in [1.165, 1.54) is 5.92 Å². The molecule has 3 aliphatic rings. The van der Waals surface area contributed by atoms with E-state index >= 15 is 0 Å². The van der Waals surface area contributed by atoms with Gasteiger partial charge in [-0.25, -0.2) is 0 Å². The van der Waals surface area contributed by atoms with Crippen molar-refractivity contribution in [2.45, 2.75) is 26.2 Å². The van der Waals surface area contributed by atoms with E-state index in [1.54, 1.807) is 19.3 Å². The molecule has 0 N–H and O–H groups in total. The highest BCUT2D eigenvalue weighted by Gasteiger charge is 2.91. The Morgan fingerprint density at radius 1 is 1.57 bits per heavy atom. The third-order valence-corrected chi connectivity index (χ3v) is 3.93. The summed E-state index contributed by atoms with van der Waals surface area (Å²) in [5.74, 6) is 1.22. The van der Waals surface area contributed by atoms with Crippen LogP contribution in [0.15, 0.2) is 0 Å². The van der Waals surface area contributed by atoms with Gasteiger partial charge in [0.1, 0.15) is 0 Å². The monoisotopic (exact) mass is 94.1 g/mol. The van der Waals surface area contributed by atoms with Crippen LogP contribution in [0.2, 0.25) is 0 Å². The molecule has 0 nitrogen and oxygen atoms in total. The van der Waals surface area contributed by atoms with Gasteiger partial charge >= 0.3 is 0 Å². The van der Waals surface area contributed by atoms with Gasteiger partial charge in [0.2, 0.25) is 0 Å². The Balaban J connectivity index is 2.16. The van der Waals surface area contributed by atoms with Gasteiger partial charge in [0, 0.05) is 0 Å². The maximum Gasteiger partial charge on any atom is -0.0201 e. The third-order valence-electron chi connectivity index (χ3n) is 3.93.